The molecular formula is C52H31BBr2IO4. The van der Waals surface area contributed by atoms with Gasteiger partial charge in [-0.2, -0.15) is 0 Å². The van der Waals surface area contributed by atoms with Gasteiger partial charge in [-0.25, -0.2) is 0 Å². The van der Waals surface area contributed by atoms with Crippen LogP contribution in [-0.2, 0) is 0 Å². The molecule has 0 spiro atoms. The van der Waals surface area contributed by atoms with Crippen molar-refractivity contribution >= 4 is 149 Å². The smallest absolute Gasteiger partial charge is 0.537 e. The molecule has 0 aliphatic rings. The quantitative estimate of drug-likeness (QED) is 0.109. The van der Waals surface area contributed by atoms with Crippen LogP contribution in [0.15, 0.2) is 200 Å². The van der Waals surface area contributed by atoms with Gasteiger partial charge in [0.25, 0.3) is 0 Å². The molecule has 1 N–H and O–H groups in total. The van der Waals surface area contributed by atoms with Crippen LogP contribution >= 0.6 is 54.5 Å². The molecule has 12 aromatic rings. The summed E-state index contributed by atoms with van der Waals surface area (Å²) in [7, 11) is 0.719. The van der Waals surface area contributed by atoms with E-state index in [1.807, 2.05) is 72.8 Å². The number of rotatable bonds is 3. The van der Waals surface area contributed by atoms with Gasteiger partial charge in [-0.1, -0.05) is 135 Å². The standard InChI is InChI=1S/C26H15BrO.C14H10BO2.C12H6BrIO/c27-18-10-12-26-24(15-18)23-14-17(9-11-25(23)28-26)22-13-16-5-1-2-6-19(16)20-7-3-4-8-21(20)22;16-15-17-14-9-10-5-1-2-6-11(10)12-7-3-4-8-13(12)14;13-7-1-3-11-9(5-7)10-6-8(14)2-4-12(10)15-11/h1-15H;1-9,16H;1-6H. The molecule has 60 heavy (non-hydrogen) atoms. The Balaban J connectivity index is 0.000000116. The summed E-state index contributed by atoms with van der Waals surface area (Å²) in [5.74, 6) is 0.668. The van der Waals surface area contributed by atoms with Crippen molar-refractivity contribution in [1.82, 2.24) is 0 Å². The third-order valence-corrected chi connectivity index (χ3v) is 12.5. The van der Waals surface area contributed by atoms with Gasteiger partial charge in [0.05, 0.1) is 0 Å². The zero-order valence-electron chi connectivity index (χ0n) is 31.7. The molecule has 2 heterocycles. The molecule has 1 radical (unpaired) electrons. The lowest BCUT2D eigenvalue weighted by atomic mass is 9.93. The first kappa shape index (κ1) is 38.6. The Morgan fingerprint density at radius 3 is 1.47 bits per heavy atom. The third kappa shape index (κ3) is 7.32. The highest BCUT2D eigenvalue weighted by Crippen LogP contribution is 2.39. The lowest BCUT2D eigenvalue weighted by Gasteiger charge is -2.11. The van der Waals surface area contributed by atoms with Gasteiger partial charge in [0.2, 0.25) is 0 Å². The van der Waals surface area contributed by atoms with E-state index >= 15 is 0 Å². The molecule has 2 aromatic heterocycles. The Morgan fingerprint density at radius 2 is 0.867 bits per heavy atom. The highest BCUT2D eigenvalue weighted by Gasteiger charge is 2.13. The summed E-state index contributed by atoms with van der Waals surface area (Å²) < 4.78 is 20.3. The highest BCUT2D eigenvalue weighted by molar-refractivity contribution is 14.1. The summed E-state index contributed by atoms with van der Waals surface area (Å²) in [5.41, 5.74) is 6.18. The van der Waals surface area contributed by atoms with Crippen molar-refractivity contribution in [1.29, 1.82) is 0 Å². The minimum atomic E-state index is 0.668. The maximum absolute atomic E-state index is 8.80. The maximum atomic E-state index is 8.80. The average molecular weight is 1020 g/mol. The van der Waals surface area contributed by atoms with E-state index in [0.29, 0.717) is 5.75 Å². The summed E-state index contributed by atoms with van der Waals surface area (Å²) >= 11 is 9.38. The third-order valence-electron chi connectivity index (χ3n) is 10.8. The summed E-state index contributed by atoms with van der Waals surface area (Å²) in [6, 6.07) is 62.6. The van der Waals surface area contributed by atoms with Crippen molar-refractivity contribution in [2.75, 3.05) is 0 Å². The van der Waals surface area contributed by atoms with Crippen LogP contribution < -0.4 is 4.65 Å². The predicted octanol–water partition coefficient (Wildman–Crippen LogP) is 16.2. The number of benzene rings is 10. The first-order valence-electron chi connectivity index (χ1n) is 19.2. The van der Waals surface area contributed by atoms with Crippen LogP contribution in [0.2, 0.25) is 0 Å². The average Bonchev–Trinajstić information content (AvgIpc) is 3.83. The number of halogens is 3. The van der Waals surface area contributed by atoms with Gasteiger partial charge in [-0.05, 0) is 150 Å². The Hall–Kier alpha value is -5.65. The number of furan rings is 2. The van der Waals surface area contributed by atoms with Gasteiger partial charge in [0.15, 0.2) is 0 Å². The normalized spacial score (nSPS) is 11.3. The van der Waals surface area contributed by atoms with Gasteiger partial charge in [0.1, 0.15) is 28.1 Å². The van der Waals surface area contributed by atoms with E-state index in [4.69, 9.17) is 18.5 Å². The zero-order valence-corrected chi connectivity index (χ0v) is 37.0. The molecular weight excluding hydrogens is 986 g/mol. The van der Waals surface area contributed by atoms with Crippen molar-refractivity contribution in [2.24, 2.45) is 0 Å². The molecule has 10 aromatic carbocycles. The van der Waals surface area contributed by atoms with E-state index in [1.54, 1.807) is 0 Å². The summed E-state index contributed by atoms with van der Waals surface area (Å²) in [6.07, 6.45) is 0. The molecule has 0 amide bonds. The van der Waals surface area contributed by atoms with Crippen LogP contribution in [0.4, 0.5) is 0 Å². The second kappa shape index (κ2) is 16.4. The van der Waals surface area contributed by atoms with Crippen LogP contribution in [0.3, 0.4) is 0 Å². The number of hydrogen-bond donors (Lipinski definition) is 1. The molecule has 0 atom stereocenters. The molecule has 0 aliphatic carbocycles. The summed E-state index contributed by atoms with van der Waals surface area (Å²) in [6.45, 7) is 0. The van der Waals surface area contributed by atoms with Crippen LogP contribution in [0.5, 0.6) is 5.75 Å². The van der Waals surface area contributed by atoms with Crippen LogP contribution in [0.1, 0.15) is 0 Å². The fourth-order valence-corrected chi connectivity index (χ4v) is 9.32. The van der Waals surface area contributed by atoms with Crippen molar-refractivity contribution < 1.29 is 18.5 Å². The van der Waals surface area contributed by atoms with E-state index in [2.05, 4.69) is 164 Å². The molecule has 4 nitrogen and oxygen atoms in total. The van der Waals surface area contributed by atoms with Crippen LogP contribution in [0.25, 0.3) is 98.1 Å². The van der Waals surface area contributed by atoms with E-state index in [1.165, 1.54) is 47.0 Å². The Labute approximate surface area is 376 Å². The number of fused-ring (bicyclic) bond motifs is 12. The molecule has 0 saturated carbocycles. The largest absolute Gasteiger partial charge is 0.569 e. The van der Waals surface area contributed by atoms with Gasteiger partial charge in [-0.15, -0.1) is 0 Å². The fourth-order valence-electron chi connectivity index (χ4n) is 8.11. The summed E-state index contributed by atoms with van der Waals surface area (Å²) in [4.78, 5) is 0. The van der Waals surface area contributed by atoms with Gasteiger partial charge in [0, 0.05) is 39.4 Å². The minimum absolute atomic E-state index is 0.668. The van der Waals surface area contributed by atoms with Crippen molar-refractivity contribution in [3.05, 3.63) is 195 Å². The molecule has 0 bridgehead atoms. The molecule has 287 valence electrons. The number of hydrogen-bond acceptors (Lipinski definition) is 4. The molecule has 12 rings (SSSR count). The zero-order chi connectivity index (χ0) is 40.7. The van der Waals surface area contributed by atoms with Crippen molar-refractivity contribution in [2.45, 2.75) is 0 Å². The second-order valence-corrected chi connectivity index (χ2v) is 17.5. The van der Waals surface area contributed by atoms with Crippen LogP contribution in [-0.4, -0.2) is 12.7 Å². The van der Waals surface area contributed by atoms with Crippen LogP contribution in [0, 0.1) is 3.57 Å². The Morgan fingerprint density at radius 1 is 0.417 bits per heavy atom. The lowest BCUT2D eigenvalue weighted by Crippen LogP contribution is -2.00. The summed E-state index contributed by atoms with van der Waals surface area (Å²) in [5, 5.41) is 23.0. The Bertz CT molecular complexity index is 3520. The molecule has 8 heteroatoms. The minimum Gasteiger partial charge on any atom is -0.537 e. The predicted molar refractivity (Wildman–Crippen MR) is 266 cm³/mol. The molecule has 0 unspecified atom stereocenters. The van der Waals surface area contributed by atoms with Gasteiger partial charge < -0.3 is 18.5 Å². The molecule has 0 fully saturated rings. The molecule has 0 saturated heterocycles. The van der Waals surface area contributed by atoms with Gasteiger partial charge >= 0.3 is 7.69 Å². The fraction of sp³-hybridized carbons (Fsp3) is 0. The molecule has 0 aliphatic heterocycles. The SMILES string of the molecule is Brc1ccc2oc3ccc(-c4cc5ccccc5c5ccccc45)cc3c2c1.Brc1ccc2oc3ccc(I)cc3c2c1.O[B]Oc1cc2ccccc2c2ccccc12. The van der Waals surface area contributed by atoms with Crippen molar-refractivity contribution in [3.63, 3.8) is 0 Å². The second-order valence-electron chi connectivity index (χ2n) is 14.4. The highest BCUT2D eigenvalue weighted by atomic mass is 127. The van der Waals surface area contributed by atoms with Gasteiger partial charge in [-0.3, -0.25) is 0 Å². The Kier molecular flexibility index (Phi) is 10.6. The van der Waals surface area contributed by atoms with Crippen molar-refractivity contribution in [3.8, 4) is 16.9 Å². The maximum Gasteiger partial charge on any atom is 0.569 e. The van der Waals surface area contributed by atoms with E-state index < -0.39 is 0 Å². The van der Waals surface area contributed by atoms with E-state index in [-0.39, 0.29) is 0 Å². The van der Waals surface area contributed by atoms with E-state index in [9.17, 15) is 0 Å². The lowest BCUT2D eigenvalue weighted by molar-refractivity contribution is 0.457. The first-order valence-corrected chi connectivity index (χ1v) is 21.9. The topological polar surface area (TPSA) is 55.7 Å². The van der Waals surface area contributed by atoms with E-state index in [0.717, 1.165) is 71.3 Å². The first-order chi connectivity index (χ1) is 29.4. The monoisotopic (exact) mass is 1010 g/mol.